The van der Waals surface area contributed by atoms with Crippen molar-refractivity contribution >= 4 is 0 Å². The van der Waals surface area contributed by atoms with Crippen LogP contribution in [0, 0.1) is 19.3 Å². The fourth-order valence-electron chi connectivity index (χ4n) is 2.49. The van der Waals surface area contributed by atoms with Gasteiger partial charge in [-0.3, -0.25) is 0 Å². The number of aliphatic hydroxyl groups excluding tert-OH is 1. The molecule has 2 N–H and O–H groups in total. The van der Waals surface area contributed by atoms with Gasteiger partial charge in [0.2, 0.25) is 0 Å². The third kappa shape index (κ3) is 2.90. The smallest absolute Gasteiger partial charge is 0.105 e. The quantitative estimate of drug-likeness (QED) is 0.799. The molecule has 0 bridgehead atoms. The van der Waals surface area contributed by atoms with Gasteiger partial charge in [0.05, 0.1) is 0 Å². The molecule has 17 heavy (non-hydrogen) atoms. The van der Waals surface area contributed by atoms with Gasteiger partial charge in [0.1, 0.15) is 11.5 Å². The van der Waals surface area contributed by atoms with E-state index in [0.717, 1.165) is 24.5 Å². The van der Waals surface area contributed by atoms with Gasteiger partial charge in [0.25, 0.3) is 0 Å². The number of hydrogen-bond acceptors (Lipinski definition) is 3. The number of rotatable bonds is 6. The minimum absolute atomic E-state index is 0.305. The van der Waals surface area contributed by atoms with Gasteiger partial charge in [-0.05, 0) is 51.5 Å². The van der Waals surface area contributed by atoms with E-state index >= 15 is 0 Å². The van der Waals surface area contributed by atoms with Crippen LogP contribution < -0.4 is 5.32 Å². The molecule has 1 saturated carbocycles. The Kier molecular flexibility index (Phi) is 3.59. The molecule has 1 aromatic rings. The molecule has 96 valence electrons. The van der Waals surface area contributed by atoms with Crippen molar-refractivity contribution in [3.05, 3.63) is 23.2 Å². The average Bonchev–Trinajstić information content (AvgIpc) is 2.95. The molecule has 0 saturated heterocycles. The first kappa shape index (κ1) is 12.7. The standard InChI is InChI=1S/C14H23NO2/c1-10-8-13(12(3)17-10)11(2)15-9-14(4-5-14)6-7-16/h8,11,15-16H,4-7,9H2,1-3H3. The molecule has 1 atom stereocenters. The number of furan rings is 1. The zero-order valence-corrected chi connectivity index (χ0v) is 11.0. The molecular weight excluding hydrogens is 214 g/mol. The predicted molar refractivity (Wildman–Crippen MR) is 68.0 cm³/mol. The maximum Gasteiger partial charge on any atom is 0.105 e. The second-order valence-corrected chi connectivity index (χ2v) is 5.44. The van der Waals surface area contributed by atoms with Crippen molar-refractivity contribution in [3.63, 3.8) is 0 Å². The lowest BCUT2D eigenvalue weighted by atomic mass is 10.0. The molecule has 1 aliphatic rings. The van der Waals surface area contributed by atoms with Crippen molar-refractivity contribution in [1.82, 2.24) is 5.32 Å². The second kappa shape index (κ2) is 4.83. The summed E-state index contributed by atoms with van der Waals surface area (Å²) >= 11 is 0. The van der Waals surface area contributed by atoms with Gasteiger partial charge in [-0.1, -0.05) is 0 Å². The highest BCUT2D eigenvalue weighted by atomic mass is 16.3. The summed E-state index contributed by atoms with van der Waals surface area (Å²) in [6.07, 6.45) is 3.42. The predicted octanol–water partition coefficient (Wildman–Crippen LogP) is 2.71. The molecule has 0 amide bonds. The Bertz CT molecular complexity index is 380. The summed E-state index contributed by atoms with van der Waals surface area (Å²) in [5.41, 5.74) is 1.62. The summed E-state index contributed by atoms with van der Waals surface area (Å²) in [5.74, 6) is 1.98. The first-order valence-electron chi connectivity index (χ1n) is 6.47. The third-order valence-corrected chi connectivity index (χ3v) is 3.93. The Hall–Kier alpha value is -0.800. The number of hydrogen-bond donors (Lipinski definition) is 2. The Morgan fingerprint density at radius 2 is 2.18 bits per heavy atom. The largest absolute Gasteiger partial charge is 0.466 e. The second-order valence-electron chi connectivity index (χ2n) is 5.44. The fourth-order valence-corrected chi connectivity index (χ4v) is 2.49. The van der Waals surface area contributed by atoms with Crippen molar-refractivity contribution < 1.29 is 9.52 Å². The molecule has 1 unspecified atom stereocenters. The summed E-state index contributed by atoms with van der Waals surface area (Å²) in [5, 5.41) is 12.6. The van der Waals surface area contributed by atoms with E-state index in [0.29, 0.717) is 18.1 Å². The van der Waals surface area contributed by atoms with Crippen LogP contribution in [-0.4, -0.2) is 18.3 Å². The molecule has 2 rings (SSSR count). The van der Waals surface area contributed by atoms with E-state index in [9.17, 15) is 0 Å². The van der Waals surface area contributed by atoms with E-state index in [2.05, 4.69) is 18.3 Å². The first-order chi connectivity index (χ1) is 8.06. The van der Waals surface area contributed by atoms with Crippen LogP contribution >= 0.6 is 0 Å². The maximum absolute atomic E-state index is 9.03. The van der Waals surface area contributed by atoms with E-state index in [1.807, 2.05) is 13.8 Å². The molecule has 0 aliphatic heterocycles. The molecule has 3 nitrogen and oxygen atoms in total. The summed E-state index contributed by atoms with van der Waals surface area (Å²) in [6, 6.07) is 2.43. The van der Waals surface area contributed by atoms with Gasteiger partial charge in [0.15, 0.2) is 0 Å². The zero-order valence-electron chi connectivity index (χ0n) is 11.0. The topological polar surface area (TPSA) is 45.4 Å². The average molecular weight is 237 g/mol. The highest BCUT2D eigenvalue weighted by molar-refractivity contribution is 5.23. The van der Waals surface area contributed by atoms with Gasteiger partial charge in [-0.15, -0.1) is 0 Å². The number of aliphatic hydroxyl groups is 1. The Balaban J connectivity index is 1.89. The van der Waals surface area contributed by atoms with Crippen LogP contribution in [0.4, 0.5) is 0 Å². The van der Waals surface area contributed by atoms with E-state index in [1.165, 1.54) is 18.4 Å². The minimum atomic E-state index is 0.305. The van der Waals surface area contributed by atoms with E-state index in [1.54, 1.807) is 0 Å². The number of nitrogens with one attached hydrogen (secondary N) is 1. The van der Waals surface area contributed by atoms with Gasteiger partial charge >= 0.3 is 0 Å². The summed E-state index contributed by atoms with van der Waals surface area (Å²) in [7, 11) is 0. The lowest BCUT2D eigenvalue weighted by molar-refractivity contribution is 0.242. The van der Waals surface area contributed by atoms with Gasteiger partial charge in [0, 0.05) is 24.8 Å². The third-order valence-electron chi connectivity index (χ3n) is 3.93. The zero-order chi connectivity index (χ0) is 12.5. The van der Waals surface area contributed by atoms with Crippen molar-refractivity contribution in [3.8, 4) is 0 Å². The van der Waals surface area contributed by atoms with Crippen LogP contribution in [0.3, 0.4) is 0 Å². The molecule has 0 spiro atoms. The lowest BCUT2D eigenvalue weighted by Gasteiger charge is -2.19. The van der Waals surface area contributed by atoms with Crippen molar-refractivity contribution in [2.24, 2.45) is 5.41 Å². The Morgan fingerprint density at radius 1 is 1.47 bits per heavy atom. The van der Waals surface area contributed by atoms with Gasteiger partial charge < -0.3 is 14.8 Å². The van der Waals surface area contributed by atoms with Gasteiger partial charge in [-0.2, -0.15) is 0 Å². The molecule has 1 heterocycles. The van der Waals surface area contributed by atoms with E-state index in [4.69, 9.17) is 9.52 Å². The normalized spacial score (nSPS) is 19.3. The van der Waals surface area contributed by atoms with Crippen LogP contribution in [0.5, 0.6) is 0 Å². The summed E-state index contributed by atoms with van der Waals surface area (Å²) in [6.45, 7) is 7.48. The van der Waals surface area contributed by atoms with Crippen molar-refractivity contribution in [2.45, 2.75) is 46.1 Å². The van der Waals surface area contributed by atoms with Gasteiger partial charge in [-0.25, -0.2) is 0 Å². The monoisotopic (exact) mass is 237 g/mol. The first-order valence-corrected chi connectivity index (χ1v) is 6.47. The number of aryl methyl sites for hydroxylation is 2. The van der Waals surface area contributed by atoms with E-state index < -0.39 is 0 Å². The van der Waals surface area contributed by atoms with Crippen LogP contribution in [0.1, 0.15) is 49.3 Å². The minimum Gasteiger partial charge on any atom is -0.466 e. The van der Waals surface area contributed by atoms with Crippen molar-refractivity contribution in [2.75, 3.05) is 13.2 Å². The maximum atomic E-state index is 9.03. The molecule has 3 heteroatoms. The molecule has 0 radical (unpaired) electrons. The van der Waals surface area contributed by atoms with Crippen LogP contribution in [0.25, 0.3) is 0 Å². The van der Waals surface area contributed by atoms with Crippen LogP contribution in [-0.2, 0) is 0 Å². The van der Waals surface area contributed by atoms with E-state index in [-0.39, 0.29) is 0 Å². The molecule has 1 aliphatic carbocycles. The van der Waals surface area contributed by atoms with Crippen LogP contribution in [0.2, 0.25) is 0 Å². The highest BCUT2D eigenvalue weighted by Gasteiger charge is 2.41. The van der Waals surface area contributed by atoms with Crippen LogP contribution in [0.15, 0.2) is 10.5 Å². The summed E-state index contributed by atoms with van der Waals surface area (Å²) in [4.78, 5) is 0. The molecule has 1 fully saturated rings. The lowest BCUT2D eigenvalue weighted by Crippen LogP contribution is -2.27. The molecular formula is C14H23NO2. The SMILES string of the molecule is Cc1cc(C(C)NCC2(CCO)CC2)c(C)o1. The molecule has 1 aromatic heterocycles. The van der Waals surface area contributed by atoms with Crippen molar-refractivity contribution in [1.29, 1.82) is 0 Å². The Labute approximate surface area is 103 Å². The fraction of sp³-hybridized carbons (Fsp3) is 0.714. The summed E-state index contributed by atoms with van der Waals surface area (Å²) < 4.78 is 5.55. The molecule has 0 aromatic carbocycles. The highest BCUT2D eigenvalue weighted by Crippen LogP contribution is 2.48. The Morgan fingerprint density at radius 3 is 2.65 bits per heavy atom.